The van der Waals surface area contributed by atoms with E-state index in [4.69, 9.17) is 16.3 Å². The lowest BCUT2D eigenvalue weighted by Gasteiger charge is -2.30. The van der Waals surface area contributed by atoms with Gasteiger partial charge in [-0.05, 0) is 56.7 Å². The molecule has 112 valence electrons. The van der Waals surface area contributed by atoms with Crippen LogP contribution in [0.5, 0.6) is 0 Å². The first-order valence-corrected chi connectivity index (χ1v) is 7.91. The highest BCUT2D eigenvalue weighted by atomic mass is 35.5. The van der Waals surface area contributed by atoms with Crippen molar-refractivity contribution in [3.8, 4) is 0 Å². The summed E-state index contributed by atoms with van der Waals surface area (Å²) < 4.78 is 5.11. The van der Waals surface area contributed by atoms with E-state index >= 15 is 0 Å². The third kappa shape index (κ3) is 5.25. The summed E-state index contributed by atoms with van der Waals surface area (Å²) in [7, 11) is 0. The second kappa shape index (κ2) is 9.14. The van der Waals surface area contributed by atoms with Crippen LogP contribution in [0.25, 0.3) is 0 Å². The molecule has 1 atom stereocenters. The molecule has 0 radical (unpaired) electrons. The quantitative estimate of drug-likeness (QED) is 0.449. The Morgan fingerprint density at radius 2 is 2.00 bits per heavy atom. The van der Waals surface area contributed by atoms with Gasteiger partial charge in [0.05, 0.1) is 6.61 Å². The predicted octanol–water partition coefficient (Wildman–Crippen LogP) is 3.81. The molecule has 0 spiro atoms. The van der Waals surface area contributed by atoms with Crippen molar-refractivity contribution in [2.45, 2.75) is 32.7 Å². The fourth-order valence-corrected chi connectivity index (χ4v) is 2.31. The van der Waals surface area contributed by atoms with Crippen molar-refractivity contribution in [3.05, 3.63) is 29.3 Å². The molecule has 0 aliphatic carbocycles. The first kappa shape index (κ1) is 17.2. The largest absolute Gasteiger partial charge is 0.464 e. The number of ether oxygens (including phenoxy) is 1. The lowest BCUT2D eigenvalue weighted by molar-refractivity contribution is -0.144. The van der Waals surface area contributed by atoms with Crippen LogP contribution in [0.3, 0.4) is 0 Å². The van der Waals surface area contributed by atoms with E-state index in [9.17, 15) is 4.79 Å². The summed E-state index contributed by atoms with van der Waals surface area (Å²) in [6.45, 7) is 4.88. The summed E-state index contributed by atoms with van der Waals surface area (Å²) in [5.41, 5.74) is 0.981. The molecule has 0 amide bonds. The number of hydrogen-bond acceptors (Lipinski definition) is 4. The Hall–Kier alpha value is -0.870. The van der Waals surface area contributed by atoms with Gasteiger partial charge in [-0.3, -0.25) is 0 Å². The lowest BCUT2D eigenvalue weighted by Crippen LogP contribution is -2.41. The maximum atomic E-state index is 12.0. The number of hydrogen-bond donors (Lipinski definition) is 1. The summed E-state index contributed by atoms with van der Waals surface area (Å²) in [6.07, 6.45) is 2.00. The molecule has 0 saturated carbocycles. The van der Waals surface area contributed by atoms with Gasteiger partial charge < -0.3 is 9.64 Å². The van der Waals surface area contributed by atoms with Gasteiger partial charge in [0.1, 0.15) is 6.04 Å². The zero-order chi connectivity index (χ0) is 15.0. The van der Waals surface area contributed by atoms with E-state index < -0.39 is 0 Å². The van der Waals surface area contributed by atoms with Gasteiger partial charge in [-0.1, -0.05) is 11.6 Å². The first-order chi connectivity index (χ1) is 9.60. The van der Waals surface area contributed by atoms with Gasteiger partial charge in [0.25, 0.3) is 0 Å². The average Bonchev–Trinajstić information content (AvgIpc) is 2.44. The van der Waals surface area contributed by atoms with Gasteiger partial charge in [-0.25, -0.2) is 4.79 Å². The molecule has 1 rings (SSSR count). The van der Waals surface area contributed by atoms with Crippen LogP contribution in [0.15, 0.2) is 24.3 Å². The van der Waals surface area contributed by atoms with Crippen LogP contribution in [-0.2, 0) is 9.53 Å². The Kier molecular flexibility index (Phi) is 7.85. The van der Waals surface area contributed by atoms with E-state index in [1.54, 1.807) is 0 Å². The number of benzene rings is 1. The van der Waals surface area contributed by atoms with Crippen molar-refractivity contribution in [2.24, 2.45) is 0 Å². The van der Waals surface area contributed by atoms with Gasteiger partial charge in [0.2, 0.25) is 0 Å². The van der Waals surface area contributed by atoms with E-state index in [0.717, 1.165) is 30.8 Å². The first-order valence-electron chi connectivity index (χ1n) is 6.89. The smallest absolute Gasteiger partial charge is 0.328 e. The second-order valence-corrected chi connectivity index (χ2v) is 5.41. The van der Waals surface area contributed by atoms with Crippen LogP contribution < -0.4 is 4.90 Å². The average molecular weight is 316 g/mol. The monoisotopic (exact) mass is 315 g/mol. The molecule has 0 bridgehead atoms. The fraction of sp³-hybridized carbons (Fsp3) is 0.533. The Morgan fingerprint density at radius 1 is 1.35 bits per heavy atom. The zero-order valence-electron chi connectivity index (χ0n) is 12.0. The summed E-state index contributed by atoms with van der Waals surface area (Å²) in [5, 5.41) is 0.688. The number of esters is 1. The van der Waals surface area contributed by atoms with Crippen molar-refractivity contribution >= 4 is 35.9 Å². The number of carbonyl (C=O) groups excluding carboxylic acids is 1. The molecule has 3 nitrogen and oxygen atoms in total. The Balaban J connectivity index is 2.83. The molecule has 0 unspecified atom stereocenters. The summed E-state index contributed by atoms with van der Waals surface area (Å²) in [5.74, 6) is 0.649. The Labute approximate surface area is 131 Å². The van der Waals surface area contributed by atoms with Gasteiger partial charge >= 0.3 is 5.97 Å². The number of anilines is 1. The Bertz CT molecular complexity index is 411. The van der Waals surface area contributed by atoms with E-state index in [2.05, 4.69) is 17.5 Å². The molecule has 0 heterocycles. The molecule has 0 aromatic heterocycles. The molecular weight excluding hydrogens is 294 g/mol. The molecular formula is C15H22ClNO2S. The number of carbonyl (C=O) groups is 1. The Morgan fingerprint density at radius 3 is 2.55 bits per heavy atom. The number of thiol groups is 1. The second-order valence-electron chi connectivity index (χ2n) is 4.53. The van der Waals surface area contributed by atoms with E-state index in [-0.39, 0.29) is 12.0 Å². The minimum atomic E-state index is -0.309. The molecule has 0 saturated heterocycles. The third-order valence-electron chi connectivity index (χ3n) is 3.06. The number of halogens is 1. The van der Waals surface area contributed by atoms with Crippen molar-refractivity contribution in [1.29, 1.82) is 0 Å². The molecule has 20 heavy (non-hydrogen) atoms. The van der Waals surface area contributed by atoms with Crippen LogP contribution in [0.2, 0.25) is 5.02 Å². The van der Waals surface area contributed by atoms with Crippen molar-refractivity contribution in [1.82, 2.24) is 0 Å². The van der Waals surface area contributed by atoms with Crippen LogP contribution in [0.4, 0.5) is 5.69 Å². The zero-order valence-corrected chi connectivity index (χ0v) is 13.7. The summed E-state index contributed by atoms with van der Waals surface area (Å²) >= 11 is 10.1. The van der Waals surface area contributed by atoms with Gasteiger partial charge in [-0.2, -0.15) is 12.6 Å². The predicted molar refractivity (Wildman–Crippen MR) is 88.0 cm³/mol. The summed E-state index contributed by atoms with van der Waals surface area (Å²) in [6, 6.07) is 7.22. The highest BCUT2D eigenvalue weighted by molar-refractivity contribution is 7.80. The fourth-order valence-electron chi connectivity index (χ4n) is 1.96. The van der Waals surface area contributed by atoms with Crippen LogP contribution >= 0.6 is 24.2 Å². The van der Waals surface area contributed by atoms with Gasteiger partial charge in [-0.15, -0.1) is 0 Å². The number of rotatable bonds is 8. The third-order valence-corrected chi connectivity index (χ3v) is 3.63. The van der Waals surface area contributed by atoms with Gasteiger partial charge in [0, 0.05) is 17.3 Å². The number of nitrogens with zero attached hydrogens (tertiary/aromatic N) is 1. The van der Waals surface area contributed by atoms with E-state index in [0.29, 0.717) is 11.6 Å². The molecule has 5 heteroatoms. The standard InChI is InChI=1S/C15H22ClNO2S/c1-3-19-15(18)12(2)17(10-4-5-11-20)14-8-6-13(16)7-9-14/h6-9,12,20H,3-5,10-11H2,1-2H3/t12-/m0/s1. The van der Waals surface area contributed by atoms with Crippen molar-refractivity contribution in [2.75, 3.05) is 23.8 Å². The molecule has 0 aliphatic heterocycles. The number of unbranched alkanes of at least 4 members (excludes halogenated alkanes) is 1. The lowest BCUT2D eigenvalue weighted by atomic mass is 10.2. The molecule has 1 aromatic rings. The van der Waals surface area contributed by atoms with Crippen molar-refractivity contribution in [3.63, 3.8) is 0 Å². The molecule has 1 aromatic carbocycles. The SMILES string of the molecule is CCOC(=O)[C@H](C)N(CCCCS)c1ccc(Cl)cc1. The highest BCUT2D eigenvalue weighted by Gasteiger charge is 2.22. The van der Waals surface area contributed by atoms with Crippen LogP contribution in [0.1, 0.15) is 26.7 Å². The molecule has 0 aliphatic rings. The molecule has 0 fully saturated rings. The normalized spacial score (nSPS) is 12.0. The van der Waals surface area contributed by atoms with Crippen LogP contribution in [-0.4, -0.2) is 30.9 Å². The topological polar surface area (TPSA) is 29.5 Å². The van der Waals surface area contributed by atoms with Crippen LogP contribution in [0, 0.1) is 0 Å². The minimum absolute atomic E-state index is 0.201. The molecule has 0 N–H and O–H groups in total. The maximum absolute atomic E-state index is 12.0. The van der Waals surface area contributed by atoms with Crippen molar-refractivity contribution < 1.29 is 9.53 Å². The minimum Gasteiger partial charge on any atom is -0.464 e. The van der Waals surface area contributed by atoms with E-state index in [1.165, 1.54) is 0 Å². The summed E-state index contributed by atoms with van der Waals surface area (Å²) in [4.78, 5) is 14.0. The van der Waals surface area contributed by atoms with Gasteiger partial charge in [0.15, 0.2) is 0 Å². The van der Waals surface area contributed by atoms with E-state index in [1.807, 2.05) is 38.1 Å². The maximum Gasteiger partial charge on any atom is 0.328 e. The highest BCUT2D eigenvalue weighted by Crippen LogP contribution is 2.21.